The summed E-state index contributed by atoms with van der Waals surface area (Å²) < 4.78 is 0. The Morgan fingerprint density at radius 2 is 2.05 bits per heavy atom. The van der Waals surface area contributed by atoms with Crippen LogP contribution in [0.15, 0.2) is 48.7 Å². The molecule has 1 atom stereocenters. The molecule has 0 saturated carbocycles. The van der Waals surface area contributed by atoms with E-state index in [1.54, 1.807) is 18.3 Å². The lowest BCUT2D eigenvalue weighted by Gasteiger charge is -2.14. The summed E-state index contributed by atoms with van der Waals surface area (Å²) in [6.45, 7) is -0.0326. The second-order valence-electron chi connectivity index (χ2n) is 4.26. The molecule has 1 heterocycles. The van der Waals surface area contributed by atoms with E-state index in [1.165, 1.54) is 0 Å². The van der Waals surface area contributed by atoms with Gasteiger partial charge in [0.25, 0.3) is 0 Å². The molecule has 0 aliphatic carbocycles. The van der Waals surface area contributed by atoms with Crippen molar-refractivity contribution < 1.29 is 9.90 Å². The Balaban J connectivity index is 2.25. The molecule has 0 fully saturated rings. The summed E-state index contributed by atoms with van der Waals surface area (Å²) in [4.78, 5) is 12.4. The smallest absolute Gasteiger partial charge is 0.245 e. The van der Waals surface area contributed by atoms with Crippen LogP contribution in [-0.2, 0) is 4.79 Å². The highest BCUT2D eigenvalue weighted by atomic mass is 16.2. The number of amides is 1. The molecular weight excluding hydrogens is 266 g/mol. The average molecular weight is 281 g/mol. The van der Waals surface area contributed by atoms with Gasteiger partial charge in [-0.1, -0.05) is 36.3 Å². The van der Waals surface area contributed by atoms with Crippen LogP contribution >= 0.6 is 0 Å². The lowest BCUT2D eigenvalue weighted by molar-refractivity contribution is -0.120. The van der Waals surface area contributed by atoms with Crippen molar-refractivity contribution in [3.63, 3.8) is 0 Å². The molecule has 21 heavy (non-hydrogen) atoms. The molecule has 1 aromatic carbocycles. The number of aliphatic hydroxyl groups excluding tert-OH is 1. The molecule has 0 bridgehead atoms. The molecule has 2 aromatic rings. The lowest BCUT2D eigenvalue weighted by Crippen LogP contribution is -2.27. The number of nitrogens with one attached hydrogen (secondary N) is 1. The van der Waals surface area contributed by atoms with Gasteiger partial charge in [0.05, 0.1) is 12.3 Å². The molecule has 0 radical (unpaired) electrons. The first-order chi connectivity index (χ1) is 10.3. The number of carbonyl (C=O) groups excluding carboxylic acids is 1. The standard InChI is InChI=1S/C16H15N3O2/c20-12-5-4-10-17-16(21)15(13-7-2-1-3-8-13)14-9-6-11-18-19-14/h1-3,6-9,11,15,20H,5,12H2,(H,17,21). The Kier molecular flexibility index (Phi) is 5.44. The maximum Gasteiger partial charge on any atom is 0.245 e. The number of rotatable bonds is 4. The van der Waals surface area contributed by atoms with Gasteiger partial charge in [-0.25, -0.2) is 0 Å². The van der Waals surface area contributed by atoms with Crippen LogP contribution in [0.4, 0.5) is 0 Å². The highest BCUT2D eigenvalue weighted by molar-refractivity contribution is 5.87. The quantitative estimate of drug-likeness (QED) is 0.649. The van der Waals surface area contributed by atoms with Gasteiger partial charge in [-0.2, -0.15) is 10.2 Å². The van der Waals surface area contributed by atoms with Crippen molar-refractivity contribution in [3.8, 4) is 12.0 Å². The highest BCUT2D eigenvalue weighted by Gasteiger charge is 2.23. The molecule has 0 aliphatic heterocycles. The predicted octanol–water partition coefficient (Wildman–Crippen LogP) is 1.07. The number of aromatic nitrogens is 2. The van der Waals surface area contributed by atoms with E-state index in [-0.39, 0.29) is 12.5 Å². The highest BCUT2D eigenvalue weighted by Crippen LogP contribution is 2.22. The van der Waals surface area contributed by atoms with E-state index in [9.17, 15) is 4.79 Å². The summed E-state index contributed by atoms with van der Waals surface area (Å²) in [5.41, 5.74) is 1.38. The number of benzene rings is 1. The number of hydrogen-bond donors (Lipinski definition) is 2. The molecule has 2 rings (SSSR count). The minimum absolute atomic E-state index is 0.0326. The third-order valence-corrected chi connectivity index (χ3v) is 2.79. The minimum Gasteiger partial charge on any atom is -0.395 e. The third-order valence-electron chi connectivity index (χ3n) is 2.79. The largest absolute Gasteiger partial charge is 0.395 e. The van der Waals surface area contributed by atoms with E-state index < -0.39 is 5.92 Å². The molecule has 1 amide bonds. The Morgan fingerprint density at radius 1 is 1.24 bits per heavy atom. The Bertz CT molecular complexity index is 593. The number of nitrogens with zero attached hydrogens (tertiary/aromatic N) is 2. The van der Waals surface area contributed by atoms with Crippen LogP contribution in [-0.4, -0.2) is 27.8 Å². The van der Waals surface area contributed by atoms with Crippen molar-refractivity contribution >= 4 is 5.91 Å². The van der Waals surface area contributed by atoms with Gasteiger partial charge in [0.15, 0.2) is 0 Å². The van der Waals surface area contributed by atoms with Crippen molar-refractivity contribution in [1.29, 1.82) is 0 Å². The van der Waals surface area contributed by atoms with Gasteiger partial charge in [0.1, 0.15) is 5.92 Å². The van der Waals surface area contributed by atoms with E-state index in [4.69, 9.17) is 5.11 Å². The van der Waals surface area contributed by atoms with Gasteiger partial charge < -0.3 is 5.11 Å². The maximum atomic E-state index is 12.4. The monoisotopic (exact) mass is 281 g/mol. The van der Waals surface area contributed by atoms with Crippen LogP contribution < -0.4 is 5.32 Å². The zero-order valence-corrected chi connectivity index (χ0v) is 11.4. The van der Waals surface area contributed by atoms with E-state index in [2.05, 4.69) is 27.5 Å². The lowest BCUT2D eigenvalue weighted by atomic mass is 9.94. The SMILES string of the molecule is O=C(NC#CCCO)C(c1ccccc1)c1cccnn1. The molecule has 1 aromatic heterocycles. The molecule has 5 heteroatoms. The van der Waals surface area contributed by atoms with Gasteiger partial charge in [-0.05, 0) is 17.7 Å². The van der Waals surface area contributed by atoms with Gasteiger partial charge in [-0.3, -0.25) is 10.1 Å². The Labute approximate surface area is 123 Å². The molecule has 106 valence electrons. The molecule has 5 nitrogen and oxygen atoms in total. The van der Waals surface area contributed by atoms with E-state index in [0.717, 1.165) is 5.56 Å². The predicted molar refractivity (Wildman–Crippen MR) is 77.9 cm³/mol. The fourth-order valence-electron chi connectivity index (χ4n) is 1.87. The summed E-state index contributed by atoms with van der Waals surface area (Å²) >= 11 is 0. The first kappa shape index (κ1) is 14.7. The van der Waals surface area contributed by atoms with Crippen molar-refractivity contribution in [1.82, 2.24) is 15.5 Å². The normalized spacial score (nSPS) is 11.1. The van der Waals surface area contributed by atoms with Gasteiger partial charge in [0, 0.05) is 18.7 Å². The second-order valence-corrected chi connectivity index (χ2v) is 4.26. The number of aliphatic hydroxyl groups is 1. The molecule has 0 saturated heterocycles. The van der Waals surface area contributed by atoms with E-state index in [1.807, 2.05) is 30.3 Å². The van der Waals surface area contributed by atoms with Crippen molar-refractivity contribution in [2.24, 2.45) is 0 Å². The summed E-state index contributed by atoms with van der Waals surface area (Å²) in [5, 5.41) is 19.0. The van der Waals surface area contributed by atoms with E-state index in [0.29, 0.717) is 12.1 Å². The second kappa shape index (κ2) is 7.78. The van der Waals surface area contributed by atoms with Crippen LogP contribution in [0, 0.1) is 12.0 Å². The van der Waals surface area contributed by atoms with Crippen molar-refractivity contribution in [2.45, 2.75) is 12.3 Å². The van der Waals surface area contributed by atoms with Crippen LogP contribution in [0.5, 0.6) is 0 Å². The van der Waals surface area contributed by atoms with E-state index >= 15 is 0 Å². The molecule has 0 spiro atoms. The van der Waals surface area contributed by atoms with Crippen molar-refractivity contribution in [2.75, 3.05) is 6.61 Å². The third kappa shape index (κ3) is 4.13. The Morgan fingerprint density at radius 3 is 2.71 bits per heavy atom. The topological polar surface area (TPSA) is 75.1 Å². The van der Waals surface area contributed by atoms with Crippen LogP contribution in [0.2, 0.25) is 0 Å². The first-order valence-electron chi connectivity index (χ1n) is 6.54. The zero-order valence-electron chi connectivity index (χ0n) is 11.4. The molecule has 0 aliphatic rings. The fourth-order valence-corrected chi connectivity index (χ4v) is 1.87. The first-order valence-corrected chi connectivity index (χ1v) is 6.54. The summed E-state index contributed by atoms with van der Waals surface area (Å²) in [7, 11) is 0. The molecular formula is C16H15N3O2. The van der Waals surface area contributed by atoms with Crippen LogP contribution in [0.1, 0.15) is 23.6 Å². The summed E-state index contributed by atoms with van der Waals surface area (Å²) in [6.07, 6.45) is 1.88. The van der Waals surface area contributed by atoms with Crippen LogP contribution in [0.25, 0.3) is 0 Å². The maximum absolute atomic E-state index is 12.4. The zero-order chi connectivity index (χ0) is 14.9. The van der Waals surface area contributed by atoms with Gasteiger partial charge >= 0.3 is 0 Å². The molecule has 2 N–H and O–H groups in total. The summed E-state index contributed by atoms with van der Waals surface area (Å²) in [6, 6.07) is 15.4. The average Bonchev–Trinajstić information content (AvgIpc) is 2.54. The van der Waals surface area contributed by atoms with Crippen LogP contribution in [0.3, 0.4) is 0 Å². The van der Waals surface area contributed by atoms with Crippen molar-refractivity contribution in [3.05, 3.63) is 59.9 Å². The minimum atomic E-state index is -0.566. The summed E-state index contributed by atoms with van der Waals surface area (Å²) in [5.74, 6) is 1.82. The fraction of sp³-hybridized carbons (Fsp3) is 0.188. The van der Waals surface area contributed by atoms with Gasteiger partial charge in [0.2, 0.25) is 5.91 Å². The molecule has 1 unspecified atom stereocenters. The Hall–Kier alpha value is -2.71. The van der Waals surface area contributed by atoms with Gasteiger partial charge in [-0.15, -0.1) is 0 Å². The number of carbonyl (C=O) groups is 1. The number of hydrogen-bond acceptors (Lipinski definition) is 4.